The topological polar surface area (TPSA) is 32.6 Å². The Bertz CT molecular complexity index is 463. The molecule has 4 aliphatic rings. The summed E-state index contributed by atoms with van der Waals surface area (Å²) in [6.45, 7) is 2.22. The second kappa shape index (κ2) is 3.53. The molecule has 0 aromatic heterocycles. The largest absolute Gasteiger partial charge is 0.411 e. The van der Waals surface area contributed by atoms with Gasteiger partial charge in [0.2, 0.25) is 0 Å². The quantitative estimate of drug-likeness (QED) is 0.517. The Morgan fingerprint density at radius 2 is 2.00 bits per heavy atom. The van der Waals surface area contributed by atoms with E-state index in [1.807, 2.05) is 0 Å². The van der Waals surface area contributed by atoms with E-state index in [4.69, 9.17) is 11.6 Å². The predicted octanol–water partition coefficient (Wildman–Crippen LogP) is 4.18. The number of oxime groups is 1. The van der Waals surface area contributed by atoms with Crippen molar-refractivity contribution in [3.05, 3.63) is 10.6 Å². The molecule has 0 saturated heterocycles. The number of nitrogens with zero attached hydrogens (tertiary/aromatic N) is 1. The summed E-state index contributed by atoms with van der Waals surface area (Å²) in [5.41, 5.74) is 3.04. The van der Waals surface area contributed by atoms with Gasteiger partial charge >= 0.3 is 0 Å². The summed E-state index contributed by atoms with van der Waals surface area (Å²) in [7, 11) is 0. The monoisotopic (exact) mass is 265 g/mol. The predicted molar refractivity (Wildman–Crippen MR) is 71.9 cm³/mol. The Kier molecular flexibility index (Phi) is 2.22. The summed E-state index contributed by atoms with van der Waals surface area (Å²) in [6, 6.07) is 0. The number of allylic oxidation sites excluding steroid dienone is 2. The molecule has 1 spiro atoms. The highest BCUT2D eigenvalue weighted by Crippen LogP contribution is 2.72. The molecule has 3 fully saturated rings. The Balaban J connectivity index is 1.90. The van der Waals surface area contributed by atoms with Crippen LogP contribution in [-0.2, 0) is 0 Å². The van der Waals surface area contributed by atoms with Crippen LogP contribution in [0.2, 0.25) is 0 Å². The zero-order chi connectivity index (χ0) is 12.5. The third-order valence-electron chi connectivity index (χ3n) is 6.27. The number of halogens is 1. The summed E-state index contributed by atoms with van der Waals surface area (Å²) >= 11 is 6.50. The van der Waals surface area contributed by atoms with E-state index in [2.05, 4.69) is 12.1 Å². The maximum atomic E-state index is 9.43. The molecular formula is C15H20ClNO. The van der Waals surface area contributed by atoms with Gasteiger partial charge in [0, 0.05) is 16.9 Å². The summed E-state index contributed by atoms with van der Waals surface area (Å²) in [4.78, 5) is 0. The summed E-state index contributed by atoms with van der Waals surface area (Å²) in [5.74, 6) is 2.21. The lowest BCUT2D eigenvalue weighted by Gasteiger charge is -2.54. The smallest absolute Gasteiger partial charge is 0.0641 e. The number of hydrogen-bond acceptors (Lipinski definition) is 2. The average Bonchev–Trinajstić information content (AvgIpc) is 3.14. The minimum atomic E-state index is 0.474. The zero-order valence-electron chi connectivity index (χ0n) is 10.8. The van der Waals surface area contributed by atoms with Crippen LogP contribution >= 0.6 is 11.6 Å². The summed E-state index contributed by atoms with van der Waals surface area (Å²) in [6.07, 6.45) is 7.46. The lowest BCUT2D eigenvalue weighted by molar-refractivity contribution is 0.0768. The normalized spacial score (nSPS) is 46.7. The minimum absolute atomic E-state index is 0.474. The SMILES string of the molecule is CC1=C(Cl)CC2C3CCCC(/C3=N/O)C1C21CC1. The van der Waals surface area contributed by atoms with Crippen molar-refractivity contribution >= 4 is 17.3 Å². The van der Waals surface area contributed by atoms with E-state index in [9.17, 15) is 5.21 Å². The molecule has 4 bridgehead atoms. The first kappa shape index (κ1) is 11.3. The highest BCUT2D eigenvalue weighted by Gasteiger charge is 2.66. The summed E-state index contributed by atoms with van der Waals surface area (Å²) in [5, 5.41) is 14.3. The fourth-order valence-electron chi connectivity index (χ4n) is 5.48. The lowest BCUT2D eigenvalue weighted by Crippen LogP contribution is -2.52. The van der Waals surface area contributed by atoms with Crippen LogP contribution in [0.4, 0.5) is 0 Å². The molecule has 0 aliphatic heterocycles. The van der Waals surface area contributed by atoms with Gasteiger partial charge in [-0.25, -0.2) is 0 Å². The molecule has 4 aliphatic carbocycles. The molecular weight excluding hydrogens is 246 g/mol. The molecule has 18 heavy (non-hydrogen) atoms. The van der Waals surface area contributed by atoms with Gasteiger partial charge in [-0.3, -0.25) is 0 Å². The second-order valence-corrected chi connectivity index (χ2v) is 7.23. The molecule has 4 rings (SSSR count). The van der Waals surface area contributed by atoms with Gasteiger partial charge in [-0.15, -0.1) is 0 Å². The van der Waals surface area contributed by atoms with E-state index < -0.39 is 0 Å². The van der Waals surface area contributed by atoms with Crippen LogP contribution in [0.25, 0.3) is 0 Å². The lowest BCUT2D eigenvalue weighted by atomic mass is 9.50. The molecule has 98 valence electrons. The molecule has 0 aromatic rings. The van der Waals surface area contributed by atoms with E-state index in [0.29, 0.717) is 29.1 Å². The van der Waals surface area contributed by atoms with E-state index in [1.54, 1.807) is 0 Å². The number of hydrogen-bond donors (Lipinski definition) is 1. The number of rotatable bonds is 0. The molecule has 1 N–H and O–H groups in total. The Morgan fingerprint density at radius 1 is 1.28 bits per heavy atom. The number of fused-ring (bicyclic) bond motifs is 4. The van der Waals surface area contributed by atoms with E-state index in [1.165, 1.54) is 37.7 Å². The highest BCUT2D eigenvalue weighted by atomic mass is 35.5. The Labute approximate surface area is 113 Å². The van der Waals surface area contributed by atoms with Gasteiger partial charge in [-0.1, -0.05) is 28.8 Å². The fourth-order valence-corrected chi connectivity index (χ4v) is 5.76. The average molecular weight is 266 g/mol. The van der Waals surface area contributed by atoms with Crippen LogP contribution < -0.4 is 0 Å². The van der Waals surface area contributed by atoms with Gasteiger partial charge < -0.3 is 5.21 Å². The van der Waals surface area contributed by atoms with Crippen molar-refractivity contribution in [1.29, 1.82) is 0 Å². The van der Waals surface area contributed by atoms with Crippen LogP contribution in [0.1, 0.15) is 45.4 Å². The standard InChI is InChI=1S/C15H20ClNO/c1-8-12(16)7-11-9-3-2-4-10(14(9)17-18)13(8)15(11)5-6-15/h9-11,13,18H,2-7H2,1H3/b17-14+. The second-order valence-electron chi connectivity index (χ2n) is 6.78. The molecule has 3 saturated carbocycles. The highest BCUT2D eigenvalue weighted by molar-refractivity contribution is 6.30. The van der Waals surface area contributed by atoms with Gasteiger partial charge in [0.25, 0.3) is 0 Å². The van der Waals surface area contributed by atoms with Crippen LogP contribution in [0, 0.1) is 29.1 Å². The molecule has 0 amide bonds. The third kappa shape index (κ3) is 1.18. The first-order valence-corrected chi connectivity index (χ1v) is 7.64. The van der Waals surface area contributed by atoms with Crippen molar-refractivity contribution in [1.82, 2.24) is 0 Å². The van der Waals surface area contributed by atoms with Crippen molar-refractivity contribution in [3.63, 3.8) is 0 Å². The summed E-state index contributed by atoms with van der Waals surface area (Å²) < 4.78 is 0. The molecule has 4 atom stereocenters. The van der Waals surface area contributed by atoms with Crippen molar-refractivity contribution in [2.45, 2.75) is 45.4 Å². The van der Waals surface area contributed by atoms with E-state index in [0.717, 1.165) is 17.2 Å². The van der Waals surface area contributed by atoms with E-state index >= 15 is 0 Å². The first-order chi connectivity index (χ1) is 8.69. The molecule has 0 radical (unpaired) electrons. The zero-order valence-corrected chi connectivity index (χ0v) is 11.6. The molecule has 0 heterocycles. The van der Waals surface area contributed by atoms with Gasteiger partial charge in [0.1, 0.15) is 0 Å². The van der Waals surface area contributed by atoms with Gasteiger partial charge in [-0.2, -0.15) is 0 Å². The maximum absolute atomic E-state index is 9.43. The van der Waals surface area contributed by atoms with Crippen molar-refractivity contribution in [2.75, 3.05) is 0 Å². The molecule has 4 unspecified atom stereocenters. The van der Waals surface area contributed by atoms with Gasteiger partial charge in [0.05, 0.1) is 5.71 Å². The van der Waals surface area contributed by atoms with Crippen LogP contribution in [0.5, 0.6) is 0 Å². The van der Waals surface area contributed by atoms with Crippen LogP contribution in [0.3, 0.4) is 0 Å². The maximum Gasteiger partial charge on any atom is 0.0641 e. The van der Waals surface area contributed by atoms with E-state index in [-0.39, 0.29) is 0 Å². The van der Waals surface area contributed by atoms with Crippen molar-refractivity contribution < 1.29 is 5.21 Å². The van der Waals surface area contributed by atoms with Crippen LogP contribution in [0.15, 0.2) is 15.8 Å². The van der Waals surface area contributed by atoms with Crippen molar-refractivity contribution in [2.24, 2.45) is 34.2 Å². The third-order valence-corrected chi connectivity index (χ3v) is 6.72. The van der Waals surface area contributed by atoms with Gasteiger partial charge in [-0.05, 0) is 56.3 Å². The minimum Gasteiger partial charge on any atom is -0.411 e. The van der Waals surface area contributed by atoms with Gasteiger partial charge in [0.15, 0.2) is 0 Å². The molecule has 3 heteroatoms. The first-order valence-electron chi connectivity index (χ1n) is 7.26. The van der Waals surface area contributed by atoms with Crippen molar-refractivity contribution in [3.8, 4) is 0 Å². The Morgan fingerprint density at radius 3 is 2.67 bits per heavy atom. The molecule has 2 nitrogen and oxygen atoms in total. The molecule has 0 aromatic carbocycles. The Hall–Kier alpha value is -0.500. The van der Waals surface area contributed by atoms with Crippen LogP contribution in [-0.4, -0.2) is 10.9 Å². The fraction of sp³-hybridized carbons (Fsp3) is 0.800.